The molecule has 0 N–H and O–H groups in total. The van der Waals surface area contributed by atoms with Gasteiger partial charge in [0, 0.05) is 22.8 Å². The molecule has 0 saturated heterocycles. The zero-order valence-electron chi connectivity index (χ0n) is 45.7. The van der Waals surface area contributed by atoms with E-state index in [4.69, 9.17) is 0 Å². The van der Waals surface area contributed by atoms with E-state index in [9.17, 15) is 5.53 Å². The Labute approximate surface area is 447 Å². The molecule has 1 heterocycles. The van der Waals surface area contributed by atoms with Gasteiger partial charge in [-0.3, -0.25) is 0 Å². The van der Waals surface area contributed by atoms with Crippen molar-refractivity contribution in [3.8, 4) is 0 Å². The molecular formula is C68H98N2Ni. The molecule has 5 rings (SSSR count). The fourth-order valence-electron chi connectivity index (χ4n) is 9.62. The van der Waals surface area contributed by atoms with Crippen LogP contribution in [0.15, 0.2) is 145 Å². The normalized spacial score (nSPS) is 13.1. The molecule has 1 aliphatic rings. The molecule has 1 aliphatic heterocycles. The Bertz CT molecular complexity index is 1910. The SMILES string of the molecule is CCCCCCCC=CCC(CCCCC)CCc1ccccc1C1=CC(CCCC)=C(c2ccccc2CCC(CC=CCCCCCCC)CCCCC)[N+]1=[N-].[Ni+2].[c-]1ccccc1.[c-]1ccccc1. The molecule has 0 radical (unpaired) electrons. The third-order valence-electron chi connectivity index (χ3n) is 13.9. The second-order valence-corrected chi connectivity index (χ2v) is 19.9. The molecule has 4 aromatic carbocycles. The summed E-state index contributed by atoms with van der Waals surface area (Å²) in [6.45, 7) is 11.5. The minimum Gasteiger partial charge on any atom is -0.493 e. The van der Waals surface area contributed by atoms with Crippen molar-refractivity contribution in [1.29, 1.82) is 0 Å². The van der Waals surface area contributed by atoms with E-state index >= 15 is 0 Å². The first-order valence-electron chi connectivity index (χ1n) is 28.8. The van der Waals surface area contributed by atoms with Crippen LogP contribution in [0, 0.1) is 24.0 Å². The summed E-state index contributed by atoms with van der Waals surface area (Å²) in [5, 5.41) is 0. The summed E-state index contributed by atoms with van der Waals surface area (Å²) in [5.41, 5.74) is 20.7. The molecule has 2 nitrogen and oxygen atoms in total. The van der Waals surface area contributed by atoms with Gasteiger partial charge >= 0.3 is 16.5 Å². The van der Waals surface area contributed by atoms with Crippen molar-refractivity contribution in [2.45, 2.75) is 221 Å². The molecule has 2 atom stereocenters. The van der Waals surface area contributed by atoms with E-state index in [1.807, 2.05) is 60.7 Å². The number of benzene rings is 4. The van der Waals surface area contributed by atoms with Gasteiger partial charge in [0.15, 0.2) is 0 Å². The van der Waals surface area contributed by atoms with Crippen LogP contribution < -0.4 is 0 Å². The fourth-order valence-corrected chi connectivity index (χ4v) is 9.62. The minimum absolute atomic E-state index is 0. The molecule has 0 amide bonds. The summed E-state index contributed by atoms with van der Waals surface area (Å²) >= 11 is 0. The summed E-state index contributed by atoms with van der Waals surface area (Å²) in [4.78, 5) is 0. The van der Waals surface area contributed by atoms with Gasteiger partial charge in [0.1, 0.15) is 0 Å². The first-order chi connectivity index (χ1) is 34.6. The van der Waals surface area contributed by atoms with Crippen molar-refractivity contribution in [3.63, 3.8) is 0 Å². The number of hydrogen-bond donors (Lipinski definition) is 0. The molecule has 4 aromatic rings. The quantitative estimate of drug-likeness (QED) is 0.0144. The van der Waals surface area contributed by atoms with Crippen LogP contribution in [0.4, 0.5) is 0 Å². The molecule has 0 spiro atoms. The molecule has 390 valence electrons. The van der Waals surface area contributed by atoms with Crippen molar-refractivity contribution in [1.82, 2.24) is 0 Å². The van der Waals surface area contributed by atoms with Gasteiger partial charge in [-0.1, -0.05) is 204 Å². The van der Waals surface area contributed by atoms with Gasteiger partial charge in [-0.05, 0) is 112 Å². The van der Waals surface area contributed by atoms with Gasteiger partial charge < -0.3 is 5.53 Å². The van der Waals surface area contributed by atoms with Gasteiger partial charge in [-0.15, -0.1) is 0 Å². The second-order valence-electron chi connectivity index (χ2n) is 19.9. The summed E-state index contributed by atoms with van der Waals surface area (Å²) < 4.78 is 1.58. The number of unbranched alkanes of at least 4 members (excludes halogenated alkanes) is 15. The monoisotopic (exact) mass is 1000 g/mol. The van der Waals surface area contributed by atoms with Crippen LogP contribution in [-0.2, 0) is 29.3 Å². The summed E-state index contributed by atoms with van der Waals surface area (Å²) in [7, 11) is 0. The molecule has 0 aliphatic carbocycles. The van der Waals surface area contributed by atoms with E-state index in [1.165, 1.54) is 182 Å². The predicted octanol–water partition coefficient (Wildman–Crippen LogP) is 21.5. The second kappa shape index (κ2) is 43.5. The third-order valence-corrected chi connectivity index (χ3v) is 13.9. The maximum Gasteiger partial charge on any atom is 2.00 e. The molecule has 71 heavy (non-hydrogen) atoms. The smallest absolute Gasteiger partial charge is 0.493 e. The van der Waals surface area contributed by atoms with Gasteiger partial charge in [-0.25, -0.2) is 4.70 Å². The van der Waals surface area contributed by atoms with Crippen molar-refractivity contribution in [3.05, 3.63) is 185 Å². The average Bonchev–Trinajstić information content (AvgIpc) is 3.73. The Morgan fingerprint density at radius 3 is 1.30 bits per heavy atom. The van der Waals surface area contributed by atoms with E-state index in [0.29, 0.717) is 11.8 Å². The fraction of sp³-hybridized carbons (Fsp3) is 0.529. The molecule has 2 unspecified atom stereocenters. The molecule has 0 bridgehead atoms. The van der Waals surface area contributed by atoms with Crippen LogP contribution in [0.5, 0.6) is 0 Å². The van der Waals surface area contributed by atoms with Crippen LogP contribution in [0.1, 0.15) is 230 Å². The maximum absolute atomic E-state index is 12.3. The van der Waals surface area contributed by atoms with Crippen LogP contribution in [0.3, 0.4) is 0 Å². The van der Waals surface area contributed by atoms with Crippen molar-refractivity contribution >= 4 is 11.4 Å². The number of aryl methyl sites for hydroxylation is 2. The predicted molar refractivity (Wildman–Crippen MR) is 308 cm³/mol. The van der Waals surface area contributed by atoms with Gasteiger partial charge in [0.25, 0.3) is 0 Å². The number of rotatable bonds is 35. The Morgan fingerprint density at radius 2 is 0.859 bits per heavy atom. The first-order valence-corrected chi connectivity index (χ1v) is 28.8. The van der Waals surface area contributed by atoms with Crippen LogP contribution in [0.2, 0.25) is 0 Å². The largest absolute Gasteiger partial charge is 2.00 e. The van der Waals surface area contributed by atoms with Gasteiger partial charge in [0.05, 0.1) is 0 Å². The van der Waals surface area contributed by atoms with Crippen LogP contribution in [-0.4, -0.2) is 4.70 Å². The van der Waals surface area contributed by atoms with Crippen molar-refractivity contribution in [2.24, 2.45) is 11.8 Å². The van der Waals surface area contributed by atoms with E-state index in [-0.39, 0.29) is 16.5 Å². The molecule has 0 fully saturated rings. The van der Waals surface area contributed by atoms with E-state index in [1.54, 1.807) is 4.70 Å². The maximum atomic E-state index is 12.3. The number of nitrogens with zero attached hydrogens (tertiary/aromatic N) is 2. The summed E-state index contributed by atoms with van der Waals surface area (Å²) in [6, 6.07) is 42.9. The molecule has 0 aromatic heterocycles. The van der Waals surface area contributed by atoms with Gasteiger partial charge in [-0.2, -0.15) is 72.8 Å². The number of allylic oxidation sites excluding steroid dienone is 6. The summed E-state index contributed by atoms with van der Waals surface area (Å²) in [6.07, 6.45) is 48.8. The first kappa shape index (κ1) is 63.1. The Hall–Kier alpha value is -4.07. The Morgan fingerprint density at radius 1 is 0.437 bits per heavy atom. The minimum atomic E-state index is 0. The zero-order chi connectivity index (χ0) is 50.0. The Balaban J connectivity index is 0.00000115. The molecular weight excluding hydrogens is 903 g/mol. The van der Waals surface area contributed by atoms with E-state index in [0.717, 1.165) is 43.5 Å². The van der Waals surface area contributed by atoms with Crippen molar-refractivity contribution in [2.75, 3.05) is 0 Å². The Kier molecular flexibility index (Phi) is 38.6. The van der Waals surface area contributed by atoms with Gasteiger partial charge in [0.2, 0.25) is 11.4 Å². The average molecular weight is 1000 g/mol. The van der Waals surface area contributed by atoms with Crippen molar-refractivity contribution < 1.29 is 21.2 Å². The molecule has 0 saturated carbocycles. The van der Waals surface area contributed by atoms with Crippen LogP contribution >= 0.6 is 0 Å². The zero-order valence-corrected chi connectivity index (χ0v) is 46.6. The molecule has 3 heteroatoms. The topological polar surface area (TPSA) is 25.3 Å². The number of hydrogen-bond acceptors (Lipinski definition) is 0. The summed E-state index contributed by atoms with van der Waals surface area (Å²) in [5.74, 6) is 1.41. The van der Waals surface area contributed by atoms with E-state index in [2.05, 4.69) is 126 Å². The van der Waals surface area contributed by atoms with Crippen LogP contribution in [0.25, 0.3) is 16.9 Å². The standard InChI is InChI=1S/C56H88N2.2C6H5.Ni/c1-6-11-16-18-20-22-24-28-36-48(34-26-13-8-3)43-45-50-39-30-32-41-53(50)55-47-52(38-15-10-5)56(58(55)57)54-42-33-31-40-51(54)46-44-49(35-27-14-9-4)37-29-25-23-21-19-17-12-7-2;2*1-2-4-6-5-3-1;/h24-25,28-33,39-42,47-49H,6-23,26-27,34-38,43-46H2,1-5H3;2*1-5H;/q;2*-1;+2. The van der Waals surface area contributed by atoms with E-state index < -0.39 is 0 Å². The third kappa shape index (κ3) is 28.1.